The fourth-order valence-corrected chi connectivity index (χ4v) is 10.9. The molecule has 2 aromatic carbocycles. The maximum atomic E-state index is 6.86. The summed E-state index contributed by atoms with van der Waals surface area (Å²) < 4.78 is 14.9. The average molecular weight is 642 g/mol. The fraction of sp³-hybridized carbons (Fsp3) is 0.690. The highest BCUT2D eigenvalue weighted by Gasteiger charge is 2.33. The highest BCUT2D eigenvalue weighted by molar-refractivity contribution is 7.22. The highest BCUT2D eigenvalue weighted by Crippen LogP contribution is 2.46. The van der Waals surface area contributed by atoms with Gasteiger partial charge in [-0.2, -0.15) is 0 Å². The van der Waals surface area contributed by atoms with Gasteiger partial charge in [0, 0.05) is 5.56 Å². The molecular weight excluding hydrogens is 583 g/mol. The lowest BCUT2D eigenvalue weighted by Crippen LogP contribution is -2.30. The second-order valence-electron chi connectivity index (χ2n) is 15.8. The predicted molar refractivity (Wildman–Crippen MR) is 194 cm³/mol. The van der Waals surface area contributed by atoms with Crippen LogP contribution in [0.2, 0.25) is 0 Å². The number of nitrogens with zero attached hydrogens (tertiary/aromatic N) is 1. The fourth-order valence-electron chi connectivity index (χ4n) is 9.82. The second-order valence-corrected chi connectivity index (χ2v) is 16.8. The molecule has 0 bridgehead atoms. The summed E-state index contributed by atoms with van der Waals surface area (Å²) in [5.41, 5.74) is 3.46. The minimum atomic E-state index is 0.297. The van der Waals surface area contributed by atoms with E-state index in [1.54, 1.807) is 11.3 Å². The molecule has 46 heavy (non-hydrogen) atoms. The van der Waals surface area contributed by atoms with Crippen LogP contribution >= 0.6 is 11.3 Å². The summed E-state index contributed by atoms with van der Waals surface area (Å²) in [6, 6.07) is 13.2. The Labute approximate surface area is 283 Å². The molecule has 4 aliphatic rings. The van der Waals surface area contributed by atoms with E-state index in [1.165, 1.54) is 127 Å². The van der Waals surface area contributed by atoms with Crippen LogP contribution < -0.4 is 9.47 Å². The summed E-state index contributed by atoms with van der Waals surface area (Å²) in [7, 11) is 0. The van der Waals surface area contributed by atoms with Crippen molar-refractivity contribution in [2.75, 3.05) is 0 Å². The molecular formula is C42H59NO2S. The normalized spacial score (nSPS) is 32.3. The van der Waals surface area contributed by atoms with Crippen LogP contribution in [0.5, 0.6) is 11.5 Å². The molecule has 7 rings (SSSR count). The first kappa shape index (κ1) is 32.5. The summed E-state index contributed by atoms with van der Waals surface area (Å²) in [6.45, 7) is 6.90. The van der Waals surface area contributed by atoms with Crippen LogP contribution in [0.4, 0.5) is 0 Å². The van der Waals surface area contributed by atoms with E-state index in [4.69, 9.17) is 14.5 Å². The minimum Gasteiger partial charge on any atom is -0.489 e. The topological polar surface area (TPSA) is 31.4 Å². The highest BCUT2D eigenvalue weighted by atomic mass is 32.1. The Morgan fingerprint density at radius 3 is 1.48 bits per heavy atom. The van der Waals surface area contributed by atoms with E-state index in [-0.39, 0.29) is 0 Å². The van der Waals surface area contributed by atoms with E-state index < -0.39 is 0 Å². The van der Waals surface area contributed by atoms with Gasteiger partial charge in [0.05, 0.1) is 12.2 Å². The zero-order chi connectivity index (χ0) is 31.5. The van der Waals surface area contributed by atoms with Gasteiger partial charge in [-0.3, -0.25) is 0 Å². The number of rotatable bonds is 9. The third kappa shape index (κ3) is 7.48. The van der Waals surface area contributed by atoms with E-state index in [9.17, 15) is 0 Å². The Morgan fingerprint density at radius 2 is 1.00 bits per heavy atom. The van der Waals surface area contributed by atoms with Crippen LogP contribution in [0.25, 0.3) is 20.8 Å². The van der Waals surface area contributed by atoms with Crippen molar-refractivity contribution in [2.45, 2.75) is 149 Å². The number of fused-ring (bicyclic) bond motifs is 1. The molecule has 0 saturated heterocycles. The van der Waals surface area contributed by atoms with E-state index >= 15 is 0 Å². The van der Waals surface area contributed by atoms with Crippen molar-refractivity contribution in [1.82, 2.24) is 4.98 Å². The molecule has 0 unspecified atom stereocenters. The zero-order valence-electron chi connectivity index (χ0n) is 29.0. The molecule has 4 aliphatic carbocycles. The predicted octanol–water partition coefficient (Wildman–Crippen LogP) is 12.6. The standard InChI is InChI=1S/C42H59NO2S/c1-4-29-8-14-31(15-9-29)33-18-22-36(23-19-33)44-38-26-27-39(41-40(38)43-42(46-41)35-12-6-28(3)7-13-35)45-37-24-20-34(21-25-37)32-16-10-30(5-2)11-17-32/h6-7,12-13,26-27,29-34,36-37H,4-5,8-11,14-25H2,1-3H3. The molecule has 4 heteroatoms. The Hall–Kier alpha value is -2.07. The van der Waals surface area contributed by atoms with Gasteiger partial charge in [0.25, 0.3) is 0 Å². The third-order valence-corrected chi connectivity index (χ3v) is 14.2. The number of thiazole rings is 1. The lowest BCUT2D eigenvalue weighted by atomic mass is 9.70. The third-order valence-electron chi connectivity index (χ3n) is 13.1. The number of aromatic nitrogens is 1. The number of hydrogen-bond donors (Lipinski definition) is 0. The first-order valence-corrected chi connectivity index (χ1v) is 20.2. The molecule has 0 spiro atoms. The van der Waals surface area contributed by atoms with Crippen LogP contribution in [0.1, 0.15) is 135 Å². The van der Waals surface area contributed by atoms with Crippen molar-refractivity contribution < 1.29 is 9.47 Å². The molecule has 4 saturated carbocycles. The minimum absolute atomic E-state index is 0.297. The summed E-state index contributed by atoms with van der Waals surface area (Å²) in [5.74, 6) is 7.66. The molecule has 1 aromatic heterocycles. The van der Waals surface area contributed by atoms with Gasteiger partial charge < -0.3 is 9.47 Å². The first-order chi connectivity index (χ1) is 22.6. The first-order valence-electron chi connectivity index (χ1n) is 19.4. The molecule has 1 heterocycles. The number of hydrogen-bond acceptors (Lipinski definition) is 4. The van der Waals surface area contributed by atoms with E-state index in [1.807, 2.05) is 0 Å². The van der Waals surface area contributed by atoms with Gasteiger partial charge in [0.15, 0.2) is 0 Å². The number of aryl methyl sites for hydroxylation is 1. The van der Waals surface area contributed by atoms with Crippen molar-refractivity contribution in [2.24, 2.45) is 35.5 Å². The molecule has 0 amide bonds. The number of ether oxygens (including phenoxy) is 2. The van der Waals surface area contributed by atoms with Crippen LogP contribution in [-0.2, 0) is 0 Å². The van der Waals surface area contributed by atoms with Crippen molar-refractivity contribution in [3.05, 3.63) is 42.0 Å². The molecule has 0 N–H and O–H groups in total. The smallest absolute Gasteiger partial charge is 0.147 e. The van der Waals surface area contributed by atoms with Crippen LogP contribution in [0.3, 0.4) is 0 Å². The maximum Gasteiger partial charge on any atom is 0.147 e. The monoisotopic (exact) mass is 641 g/mol. The molecule has 0 atom stereocenters. The van der Waals surface area contributed by atoms with Crippen molar-refractivity contribution in [3.8, 4) is 22.1 Å². The largest absolute Gasteiger partial charge is 0.489 e. The summed E-state index contributed by atoms with van der Waals surface area (Å²) in [4.78, 5) is 5.24. The van der Waals surface area contributed by atoms with Crippen LogP contribution in [-0.4, -0.2) is 17.2 Å². The van der Waals surface area contributed by atoms with Gasteiger partial charge in [-0.15, -0.1) is 11.3 Å². The molecule has 3 aromatic rings. The van der Waals surface area contributed by atoms with E-state index in [0.717, 1.165) is 62.2 Å². The summed E-state index contributed by atoms with van der Waals surface area (Å²) >= 11 is 1.78. The second kappa shape index (κ2) is 15.0. The Kier molecular flexibility index (Phi) is 10.6. The zero-order valence-corrected chi connectivity index (χ0v) is 29.8. The van der Waals surface area contributed by atoms with E-state index in [2.05, 4.69) is 57.2 Å². The van der Waals surface area contributed by atoms with Gasteiger partial charge in [-0.05, 0) is 132 Å². The van der Waals surface area contributed by atoms with Gasteiger partial charge in [0.1, 0.15) is 26.7 Å². The SMILES string of the molecule is CCC1CCC(C2CCC(Oc3ccc(OC4CCC(C5CCC(CC)CC5)CC4)c4sc(-c5ccc(C)cc5)nc34)CC2)CC1. The van der Waals surface area contributed by atoms with Crippen molar-refractivity contribution in [1.29, 1.82) is 0 Å². The summed E-state index contributed by atoms with van der Waals surface area (Å²) in [5, 5.41) is 1.06. The molecule has 0 radical (unpaired) electrons. The summed E-state index contributed by atoms with van der Waals surface area (Å²) in [6.07, 6.45) is 25.0. The molecule has 3 nitrogen and oxygen atoms in total. The van der Waals surface area contributed by atoms with Gasteiger partial charge in [-0.25, -0.2) is 4.98 Å². The average Bonchev–Trinajstić information content (AvgIpc) is 3.57. The number of benzene rings is 2. The molecule has 0 aliphatic heterocycles. The Morgan fingerprint density at radius 1 is 0.565 bits per heavy atom. The lowest BCUT2D eigenvalue weighted by Gasteiger charge is -2.38. The van der Waals surface area contributed by atoms with Crippen LogP contribution in [0.15, 0.2) is 36.4 Å². The van der Waals surface area contributed by atoms with Gasteiger partial charge in [0.2, 0.25) is 0 Å². The molecule has 4 fully saturated rings. The van der Waals surface area contributed by atoms with Gasteiger partial charge >= 0.3 is 0 Å². The van der Waals surface area contributed by atoms with E-state index in [0.29, 0.717) is 12.2 Å². The van der Waals surface area contributed by atoms with Crippen LogP contribution in [0, 0.1) is 42.4 Å². The quantitative estimate of drug-likeness (QED) is 0.233. The lowest BCUT2D eigenvalue weighted by molar-refractivity contribution is 0.0911. The Bertz CT molecular complexity index is 1300. The van der Waals surface area contributed by atoms with Crippen molar-refractivity contribution in [3.63, 3.8) is 0 Å². The maximum absolute atomic E-state index is 6.86. The van der Waals surface area contributed by atoms with Gasteiger partial charge in [-0.1, -0.05) is 82.2 Å². The molecule has 250 valence electrons. The van der Waals surface area contributed by atoms with Crippen molar-refractivity contribution >= 4 is 21.6 Å². The Balaban J connectivity index is 1.03.